The molecule has 0 N–H and O–H groups in total. The van der Waals surface area contributed by atoms with Crippen LogP contribution in [0.25, 0.3) is 0 Å². The molecular weight excluding hydrogens is 354 g/mol. The molecule has 1 fully saturated rings. The Kier molecular flexibility index (Phi) is 5.43. The largest absolute Gasteiger partial charge is 0.278 e. The summed E-state index contributed by atoms with van der Waals surface area (Å²) in [6.45, 7) is 1.11. The van der Waals surface area contributed by atoms with E-state index in [2.05, 4.69) is 4.99 Å². The van der Waals surface area contributed by atoms with Gasteiger partial charge >= 0.3 is 0 Å². The van der Waals surface area contributed by atoms with Crippen molar-refractivity contribution in [3.63, 3.8) is 0 Å². The van der Waals surface area contributed by atoms with Crippen molar-refractivity contribution in [3.05, 3.63) is 64.2 Å². The Balaban J connectivity index is 1.79. The fourth-order valence-corrected chi connectivity index (χ4v) is 4.38. The van der Waals surface area contributed by atoms with Crippen LogP contribution in [0.2, 0.25) is 0 Å². The second-order valence-electron chi connectivity index (χ2n) is 6.03. The molecule has 0 aromatic heterocycles. The Labute approximate surface area is 152 Å². The summed E-state index contributed by atoms with van der Waals surface area (Å²) < 4.78 is 26.7. The van der Waals surface area contributed by atoms with E-state index in [1.807, 2.05) is 0 Å². The van der Waals surface area contributed by atoms with Crippen LogP contribution < -0.4 is 0 Å². The summed E-state index contributed by atoms with van der Waals surface area (Å²) >= 11 is 0. The van der Waals surface area contributed by atoms with Crippen molar-refractivity contribution >= 4 is 27.6 Å². The number of piperidine rings is 1. The monoisotopic (exact) mass is 373 g/mol. The number of hydrogen-bond donors (Lipinski definition) is 0. The van der Waals surface area contributed by atoms with Crippen molar-refractivity contribution in [3.8, 4) is 0 Å². The molecule has 0 unspecified atom stereocenters. The van der Waals surface area contributed by atoms with Gasteiger partial charge in [-0.25, -0.2) is 8.42 Å². The Morgan fingerprint density at radius 2 is 1.65 bits per heavy atom. The topological polar surface area (TPSA) is 92.9 Å². The minimum absolute atomic E-state index is 0.0273. The predicted molar refractivity (Wildman–Crippen MR) is 99.4 cm³/mol. The molecular formula is C18H19N3O4S. The van der Waals surface area contributed by atoms with E-state index in [4.69, 9.17) is 0 Å². The highest BCUT2D eigenvalue weighted by Crippen LogP contribution is 2.23. The van der Waals surface area contributed by atoms with Gasteiger partial charge in [-0.05, 0) is 43.2 Å². The second-order valence-corrected chi connectivity index (χ2v) is 7.97. The summed E-state index contributed by atoms with van der Waals surface area (Å²) in [5.41, 5.74) is 0.892. The van der Waals surface area contributed by atoms with Gasteiger partial charge in [0, 0.05) is 25.4 Å². The third-order valence-corrected chi connectivity index (χ3v) is 6.19. The maximum atomic E-state index is 12.6. The molecule has 0 radical (unpaired) electrons. The van der Waals surface area contributed by atoms with Gasteiger partial charge in [-0.1, -0.05) is 18.6 Å². The molecule has 8 heteroatoms. The first kappa shape index (κ1) is 18.2. The number of nitrogens with zero attached hydrogens (tertiary/aromatic N) is 3. The minimum atomic E-state index is -3.47. The highest BCUT2D eigenvalue weighted by Gasteiger charge is 2.25. The van der Waals surface area contributed by atoms with Crippen molar-refractivity contribution in [1.82, 2.24) is 4.31 Å². The molecule has 0 saturated carbocycles. The van der Waals surface area contributed by atoms with Gasteiger partial charge in [-0.2, -0.15) is 4.31 Å². The van der Waals surface area contributed by atoms with Crippen molar-refractivity contribution in [2.75, 3.05) is 13.1 Å². The van der Waals surface area contributed by atoms with Gasteiger partial charge in [0.2, 0.25) is 10.0 Å². The van der Waals surface area contributed by atoms with Crippen LogP contribution in [0.5, 0.6) is 0 Å². The van der Waals surface area contributed by atoms with E-state index in [9.17, 15) is 18.5 Å². The maximum absolute atomic E-state index is 12.6. The highest BCUT2D eigenvalue weighted by atomic mass is 32.2. The quantitative estimate of drug-likeness (QED) is 0.455. The number of hydrogen-bond acceptors (Lipinski definition) is 5. The van der Waals surface area contributed by atoms with Gasteiger partial charge < -0.3 is 0 Å². The summed E-state index contributed by atoms with van der Waals surface area (Å²) in [6, 6.07) is 12.6. The molecule has 2 aromatic carbocycles. The predicted octanol–water partition coefficient (Wildman–Crippen LogP) is 3.52. The molecule has 26 heavy (non-hydrogen) atoms. The van der Waals surface area contributed by atoms with Crippen LogP contribution in [0.1, 0.15) is 24.8 Å². The fourth-order valence-electron chi connectivity index (χ4n) is 2.87. The van der Waals surface area contributed by atoms with Crippen molar-refractivity contribution in [1.29, 1.82) is 0 Å². The Hall–Kier alpha value is -2.58. The SMILES string of the molecule is O=[N+]([O-])c1ccccc1C=Nc1ccc(S(=O)(=O)N2CCCCC2)cc1. The molecule has 2 aromatic rings. The van der Waals surface area contributed by atoms with Crippen LogP contribution in [-0.4, -0.2) is 37.0 Å². The Bertz CT molecular complexity index is 918. The van der Waals surface area contributed by atoms with E-state index in [1.54, 1.807) is 30.3 Å². The van der Waals surface area contributed by atoms with Crippen LogP contribution in [0.15, 0.2) is 58.4 Å². The molecule has 0 atom stereocenters. The lowest BCUT2D eigenvalue weighted by atomic mass is 10.2. The van der Waals surface area contributed by atoms with E-state index in [0.29, 0.717) is 24.3 Å². The first-order valence-corrected chi connectivity index (χ1v) is 9.80. The molecule has 0 amide bonds. The van der Waals surface area contributed by atoms with Crippen LogP contribution in [0, 0.1) is 10.1 Å². The lowest BCUT2D eigenvalue weighted by Crippen LogP contribution is -2.35. The zero-order valence-corrected chi connectivity index (χ0v) is 14.9. The third kappa shape index (κ3) is 3.97. The molecule has 136 valence electrons. The smallest absolute Gasteiger partial charge is 0.258 e. The van der Waals surface area contributed by atoms with Gasteiger partial charge in [-0.15, -0.1) is 0 Å². The van der Waals surface area contributed by atoms with Crippen molar-refractivity contribution in [2.24, 2.45) is 4.99 Å². The molecule has 1 saturated heterocycles. The summed E-state index contributed by atoms with van der Waals surface area (Å²) in [6.07, 6.45) is 4.24. The molecule has 0 aliphatic carbocycles. The second kappa shape index (κ2) is 7.76. The van der Waals surface area contributed by atoms with Gasteiger partial charge in [0.1, 0.15) is 0 Å². The maximum Gasteiger partial charge on any atom is 0.278 e. The summed E-state index contributed by atoms with van der Waals surface area (Å²) in [5.74, 6) is 0. The van der Waals surface area contributed by atoms with Crippen LogP contribution >= 0.6 is 0 Å². The lowest BCUT2D eigenvalue weighted by Gasteiger charge is -2.25. The van der Waals surface area contributed by atoms with Gasteiger partial charge in [0.05, 0.1) is 21.1 Å². The molecule has 1 aliphatic heterocycles. The van der Waals surface area contributed by atoms with Crippen molar-refractivity contribution < 1.29 is 13.3 Å². The number of benzene rings is 2. The van der Waals surface area contributed by atoms with E-state index in [1.165, 1.54) is 28.7 Å². The van der Waals surface area contributed by atoms with Gasteiger partial charge in [-0.3, -0.25) is 15.1 Å². The first-order valence-electron chi connectivity index (χ1n) is 8.36. The number of para-hydroxylation sites is 1. The van der Waals surface area contributed by atoms with E-state index in [0.717, 1.165) is 19.3 Å². The zero-order chi connectivity index (χ0) is 18.6. The van der Waals surface area contributed by atoms with E-state index >= 15 is 0 Å². The molecule has 1 aliphatic rings. The van der Waals surface area contributed by atoms with E-state index < -0.39 is 14.9 Å². The van der Waals surface area contributed by atoms with Crippen LogP contribution in [0.3, 0.4) is 0 Å². The van der Waals surface area contributed by atoms with Gasteiger partial charge in [0.25, 0.3) is 5.69 Å². The summed E-state index contributed by atoms with van der Waals surface area (Å²) in [5, 5.41) is 11.0. The number of nitro groups is 1. The van der Waals surface area contributed by atoms with Gasteiger partial charge in [0.15, 0.2) is 0 Å². The molecule has 0 spiro atoms. The van der Waals surface area contributed by atoms with E-state index in [-0.39, 0.29) is 10.6 Å². The third-order valence-electron chi connectivity index (χ3n) is 4.28. The lowest BCUT2D eigenvalue weighted by molar-refractivity contribution is -0.385. The van der Waals surface area contributed by atoms with Crippen LogP contribution in [-0.2, 0) is 10.0 Å². The highest BCUT2D eigenvalue weighted by molar-refractivity contribution is 7.89. The number of rotatable bonds is 5. The molecule has 1 heterocycles. The molecule has 3 rings (SSSR count). The van der Waals surface area contributed by atoms with Crippen LogP contribution in [0.4, 0.5) is 11.4 Å². The molecule has 7 nitrogen and oxygen atoms in total. The summed E-state index contributed by atoms with van der Waals surface area (Å²) in [7, 11) is -3.47. The number of sulfonamides is 1. The number of nitro benzene ring substituents is 1. The fraction of sp³-hybridized carbons (Fsp3) is 0.278. The Morgan fingerprint density at radius 1 is 1.00 bits per heavy atom. The van der Waals surface area contributed by atoms with Crippen molar-refractivity contribution in [2.45, 2.75) is 24.2 Å². The average Bonchev–Trinajstić information content (AvgIpc) is 2.67. The minimum Gasteiger partial charge on any atom is -0.258 e. The average molecular weight is 373 g/mol. The zero-order valence-electron chi connectivity index (χ0n) is 14.1. The standard InChI is InChI=1S/C18H19N3O4S/c22-21(23)18-7-3-2-6-15(18)14-19-16-8-10-17(11-9-16)26(24,25)20-12-4-1-5-13-20/h2-3,6-11,14H,1,4-5,12-13H2. The Morgan fingerprint density at radius 3 is 2.31 bits per heavy atom. The number of aliphatic imine (C=N–C) groups is 1. The first-order chi connectivity index (χ1) is 12.5. The normalized spacial score (nSPS) is 16.0. The molecule has 0 bridgehead atoms. The summed E-state index contributed by atoms with van der Waals surface area (Å²) in [4.78, 5) is 15.0.